The van der Waals surface area contributed by atoms with Crippen molar-refractivity contribution in [2.24, 2.45) is 5.73 Å². The summed E-state index contributed by atoms with van der Waals surface area (Å²) in [7, 11) is 2.05. The average Bonchev–Trinajstić information content (AvgIpc) is 2.53. The van der Waals surface area contributed by atoms with Crippen molar-refractivity contribution in [1.82, 2.24) is 4.98 Å². The lowest BCUT2D eigenvalue weighted by Gasteiger charge is -2.28. The Labute approximate surface area is 131 Å². The minimum atomic E-state index is 0.00495. The summed E-state index contributed by atoms with van der Waals surface area (Å²) in [4.78, 5) is 6.63. The number of pyridine rings is 1. The highest BCUT2D eigenvalue weighted by Crippen LogP contribution is 2.29. The van der Waals surface area contributed by atoms with Crippen molar-refractivity contribution < 1.29 is 0 Å². The first-order valence-electron chi connectivity index (χ1n) is 7.23. The first kappa shape index (κ1) is 15.8. The topological polar surface area (TPSA) is 42.1 Å². The van der Waals surface area contributed by atoms with Gasteiger partial charge in [0.25, 0.3) is 0 Å². The van der Waals surface area contributed by atoms with Gasteiger partial charge in [0.15, 0.2) is 0 Å². The first-order chi connectivity index (χ1) is 10.0. The Balaban J connectivity index is 2.20. The second kappa shape index (κ2) is 6.92. The van der Waals surface area contributed by atoms with Crippen LogP contribution in [0.3, 0.4) is 0 Å². The van der Waals surface area contributed by atoms with Crippen molar-refractivity contribution in [3.05, 3.63) is 58.9 Å². The van der Waals surface area contributed by atoms with Gasteiger partial charge in [-0.05, 0) is 37.1 Å². The van der Waals surface area contributed by atoms with E-state index in [0.717, 1.165) is 28.4 Å². The highest BCUT2D eigenvalue weighted by molar-refractivity contribution is 6.31. The highest BCUT2D eigenvalue weighted by atomic mass is 35.5. The van der Waals surface area contributed by atoms with Crippen LogP contribution in [0.1, 0.15) is 43.6 Å². The quantitative estimate of drug-likeness (QED) is 0.893. The molecule has 2 aromatic rings. The maximum atomic E-state index is 6.28. The number of nitrogens with two attached hydrogens (primary N) is 1. The molecule has 1 aromatic heterocycles. The van der Waals surface area contributed by atoms with Gasteiger partial charge in [-0.1, -0.05) is 36.7 Å². The summed E-state index contributed by atoms with van der Waals surface area (Å²) in [5.41, 5.74) is 9.09. The van der Waals surface area contributed by atoms with Gasteiger partial charge < -0.3 is 10.6 Å². The van der Waals surface area contributed by atoms with Gasteiger partial charge in [-0.3, -0.25) is 4.98 Å². The van der Waals surface area contributed by atoms with Crippen molar-refractivity contribution in [2.75, 3.05) is 11.9 Å². The SMILES string of the molecule is CC[C@@H](N)c1ccc(N(C)C(C)c2ccccc2Cl)cn1. The average molecular weight is 304 g/mol. The van der Waals surface area contributed by atoms with E-state index < -0.39 is 0 Å². The molecule has 2 atom stereocenters. The number of hydrogen-bond acceptors (Lipinski definition) is 3. The second-order valence-corrected chi connectivity index (χ2v) is 5.67. The molecule has 0 saturated heterocycles. The normalized spacial score (nSPS) is 13.8. The zero-order valence-electron chi connectivity index (χ0n) is 12.8. The lowest BCUT2D eigenvalue weighted by Crippen LogP contribution is -2.22. The Hall–Kier alpha value is -1.58. The minimum absolute atomic E-state index is 0.00495. The van der Waals surface area contributed by atoms with E-state index >= 15 is 0 Å². The number of nitrogens with zero attached hydrogens (tertiary/aromatic N) is 2. The summed E-state index contributed by atoms with van der Waals surface area (Å²) in [6.45, 7) is 4.19. The van der Waals surface area contributed by atoms with Crippen LogP contribution in [0.4, 0.5) is 5.69 Å². The van der Waals surface area contributed by atoms with Crippen LogP contribution >= 0.6 is 11.6 Å². The van der Waals surface area contributed by atoms with Crippen LogP contribution in [0.25, 0.3) is 0 Å². The molecule has 1 unspecified atom stereocenters. The third-order valence-electron chi connectivity index (χ3n) is 3.93. The first-order valence-corrected chi connectivity index (χ1v) is 7.61. The Kier molecular flexibility index (Phi) is 5.21. The van der Waals surface area contributed by atoms with Gasteiger partial charge >= 0.3 is 0 Å². The number of anilines is 1. The zero-order chi connectivity index (χ0) is 15.4. The Morgan fingerprint density at radius 1 is 1.24 bits per heavy atom. The van der Waals surface area contributed by atoms with E-state index in [4.69, 9.17) is 17.3 Å². The van der Waals surface area contributed by atoms with Gasteiger partial charge in [-0.15, -0.1) is 0 Å². The summed E-state index contributed by atoms with van der Waals surface area (Å²) < 4.78 is 0. The van der Waals surface area contributed by atoms with Crippen LogP contribution in [0.15, 0.2) is 42.6 Å². The van der Waals surface area contributed by atoms with E-state index in [1.54, 1.807) is 0 Å². The van der Waals surface area contributed by atoms with Crippen LogP contribution in [-0.4, -0.2) is 12.0 Å². The van der Waals surface area contributed by atoms with Crippen LogP contribution < -0.4 is 10.6 Å². The van der Waals surface area contributed by atoms with Gasteiger partial charge in [0, 0.05) is 18.1 Å². The summed E-state index contributed by atoms with van der Waals surface area (Å²) in [5.74, 6) is 0. The van der Waals surface area contributed by atoms with Crippen molar-refractivity contribution in [3.8, 4) is 0 Å². The van der Waals surface area contributed by atoms with E-state index in [-0.39, 0.29) is 12.1 Å². The van der Waals surface area contributed by atoms with Crippen molar-refractivity contribution in [2.45, 2.75) is 32.4 Å². The van der Waals surface area contributed by atoms with Gasteiger partial charge in [-0.2, -0.15) is 0 Å². The maximum Gasteiger partial charge on any atom is 0.0572 e. The molecule has 2 rings (SSSR count). The number of rotatable bonds is 5. The molecule has 0 aliphatic carbocycles. The number of benzene rings is 1. The standard InChI is InChI=1S/C17H22ClN3/c1-4-16(19)17-10-9-13(11-20-17)21(3)12(2)14-7-5-6-8-15(14)18/h5-12,16H,4,19H2,1-3H3/t12?,16-/m1/s1. The third kappa shape index (κ3) is 3.55. The second-order valence-electron chi connectivity index (χ2n) is 5.26. The summed E-state index contributed by atoms with van der Waals surface area (Å²) >= 11 is 6.28. The molecular weight excluding hydrogens is 282 g/mol. The van der Waals surface area contributed by atoms with E-state index in [9.17, 15) is 0 Å². The largest absolute Gasteiger partial charge is 0.367 e. The van der Waals surface area contributed by atoms with Crippen LogP contribution in [0.5, 0.6) is 0 Å². The monoisotopic (exact) mass is 303 g/mol. The molecule has 0 amide bonds. The van der Waals surface area contributed by atoms with E-state index in [1.807, 2.05) is 37.5 Å². The summed E-state index contributed by atoms with van der Waals surface area (Å²) in [5, 5.41) is 0.787. The van der Waals surface area contributed by atoms with Crippen molar-refractivity contribution >= 4 is 17.3 Å². The van der Waals surface area contributed by atoms with Crippen molar-refractivity contribution in [1.29, 1.82) is 0 Å². The van der Waals surface area contributed by atoms with Crippen LogP contribution in [-0.2, 0) is 0 Å². The van der Waals surface area contributed by atoms with Gasteiger partial charge in [0.2, 0.25) is 0 Å². The fourth-order valence-electron chi connectivity index (χ4n) is 2.28. The molecule has 0 radical (unpaired) electrons. The molecule has 0 fully saturated rings. The molecule has 1 aromatic carbocycles. The minimum Gasteiger partial charge on any atom is -0.367 e. The summed E-state index contributed by atoms with van der Waals surface area (Å²) in [6, 6.07) is 12.2. The molecule has 4 heteroatoms. The molecule has 0 spiro atoms. The predicted octanol–water partition coefficient (Wildman–Crippen LogP) is 4.34. The van der Waals surface area contributed by atoms with E-state index in [1.165, 1.54) is 0 Å². The summed E-state index contributed by atoms with van der Waals surface area (Å²) in [6.07, 6.45) is 2.76. The number of hydrogen-bond donors (Lipinski definition) is 1. The molecule has 0 saturated carbocycles. The molecule has 0 aliphatic heterocycles. The van der Waals surface area contributed by atoms with Crippen molar-refractivity contribution in [3.63, 3.8) is 0 Å². The smallest absolute Gasteiger partial charge is 0.0572 e. The Morgan fingerprint density at radius 2 is 1.95 bits per heavy atom. The predicted molar refractivity (Wildman–Crippen MR) is 89.7 cm³/mol. The molecule has 0 aliphatic rings. The van der Waals surface area contributed by atoms with E-state index in [0.29, 0.717) is 0 Å². The van der Waals surface area contributed by atoms with Gasteiger partial charge in [0.1, 0.15) is 0 Å². The fraction of sp³-hybridized carbons (Fsp3) is 0.353. The lowest BCUT2D eigenvalue weighted by molar-refractivity contribution is 0.673. The van der Waals surface area contributed by atoms with E-state index in [2.05, 4.69) is 35.9 Å². The van der Waals surface area contributed by atoms with Crippen LogP contribution in [0, 0.1) is 0 Å². The number of aromatic nitrogens is 1. The fourth-order valence-corrected chi connectivity index (χ4v) is 2.57. The molecule has 2 N–H and O–H groups in total. The zero-order valence-corrected chi connectivity index (χ0v) is 13.5. The molecule has 1 heterocycles. The van der Waals surface area contributed by atoms with Gasteiger partial charge in [-0.25, -0.2) is 0 Å². The number of halogens is 1. The molecule has 112 valence electrons. The lowest BCUT2D eigenvalue weighted by atomic mass is 10.1. The molecular formula is C17H22ClN3. The van der Waals surface area contributed by atoms with Gasteiger partial charge in [0.05, 0.1) is 23.6 Å². The maximum absolute atomic E-state index is 6.28. The van der Waals surface area contributed by atoms with Crippen LogP contribution in [0.2, 0.25) is 5.02 Å². The third-order valence-corrected chi connectivity index (χ3v) is 4.28. The molecule has 3 nitrogen and oxygen atoms in total. The highest BCUT2D eigenvalue weighted by Gasteiger charge is 2.15. The Bertz CT molecular complexity index is 583. The Morgan fingerprint density at radius 3 is 2.52 bits per heavy atom. The molecule has 21 heavy (non-hydrogen) atoms. The molecule has 0 bridgehead atoms.